The predicted molar refractivity (Wildman–Crippen MR) is 135 cm³/mol. The fourth-order valence-electron chi connectivity index (χ4n) is 4.22. The normalized spacial score (nSPS) is 22.1. The van der Waals surface area contributed by atoms with Crippen molar-refractivity contribution in [3.8, 4) is 0 Å². The molecule has 1 aromatic heterocycles. The molecule has 2 N–H and O–H groups in total. The Labute approximate surface area is 220 Å². The summed E-state index contributed by atoms with van der Waals surface area (Å²) in [6.45, 7) is 6.02. The summed E-state index contributed by atoms with van der Waals surface area (Å²) < 4.78 is 25.5. The lowest BCUT2D eigenvalue weighted by Crippen LogP contribution is -2.58. The number of nitrogens with zero attached hydrogens (tertiary/aromatic N) is 3. The number of halogens is 2. The van der Waals surface area contributed by atoms with Crippen molar-refractivity contribution in [3.05, 3.63) is 61.9 Å². The second kappa shape index (κ2) is 10.8. The highest BCUT2D eigenvalue weighted by molar-refractivity contribution is 9.10. The van der Waals surface area contributed by atoms with E-state index in [9.17, 15) is 19.1 Å². The van der Waals surface area contributed by atoms with E-state index in [0.717, 1.165) is 0 Å². The van der Waals surface area contributed by atoms with E-state index in [2.05, 4.69) is 26.2 Å². The molecule has 9 nitrogen and oxygen atoms in total. The molecule has 2 aromatic rings. The maximum atomic E-state index is 13.9. The molecule has 0 bridgehead atoms. The zero-order valence-electron chi connectivity index (χ0n) is 20.0. The highest BCUT2D eigenvalue weighted by atomic mass is 79.9. The lowest BCUT2D eigenvalue weighted by atomic mass is 9.94. The molecule has 1 fully saturated rings. The molecule has 2 aliphatic rings. The molecule has 0 amide bonds. The summed E-state index contributed by atoms with van der Waals surface area (Å²) in [6.07, 6.45) is 1.64. The molecule has 0 radical (unpaired) electrons. The molecule has 4 rings (SSSR count). The summed E-state index contributed by atoms with van der Waals surface area (Å²) in [5.74, 6) is -1.63. The van der Waals surface area contributed by atoms with Crippen LogP contribution in [0.1, 0.15) is 37.4 Å². The molecule has 192 valence electrons. The van der Waals surface area contributed by atoms with E-state index in [0.29, 0.717) is 33.1 Å². The van der Waals surface area contributed by atoms with Crippen LogP contribution in [0.25, 0.3) is 0 Å². The molecular weight excluding hydrogens is 555 g/mol. The van der Waals surface area contributed by atoms with Gasteiger partial charge in [0.2, 0.25) is 0 Å². The number of aromatic nitrogens is 1. The predicted octanol–water partition coefficient (Wildman–Crippen LogP) is 3.52. The maximum Gasteiger partial charge on any atom is 0.338 e. The van der Waals surface area contributed by atoms with Gasteiger partial charge in [-0.2, -0.15) is 0 Å². The number of carboxylic acids is 1. The van der Waals surface area contributed by atoms with E-state index in [1.54, 1.807) is 29.5 Å². The van der Waals surface area contributed by atoms with Gasteiger partial charge in [-0.05, 0) is 38.5 Å². The quantitative estimate of drug-likeness (QED) is 0.478. The van der Waals surface area contributed by atoms with Gasteiger partial charge in [-0.1, -0.05) is 22.0 Å². The second-order valence-electron chi connectivity index (χ2n) is 8.95. The van der Waals surface area contributed by atoms with Crippen molar-refractivity contribution in [2.75, 3.05) is 26.3 Å². The average Bonchev–Trinajstić information content (AvgIpc) is 3.33. The Balaban J connectivity index is 1.85. The Kier molecular flexibility index (Phi) is 7.88. The Bertz CT molecular complexity index is 1220. The molecule has 2 unspecified atom stereocenters. The van der Waals surface area contributed by atoms with Crippen molar-refractivity contribution in [1.29, 1.82) is 0 Å². The summed E-state index contributed by atoms with van der Waals surface area (Å²) in [5.41, 5.74) is 0.637. The SMILES string of the molecule is CCOC(=O)C1=C(CN2CC(C)(C)OCC2C(=O)O)NC(c2nccs2)=NC1c1ccc(F)cc1Br. The van der Waals surface area contributed by atoms with Crippen LogP contribution in [0.4, 0.5) is 4.39 Å². The number of hydrogen-bond acceptors (Lipinski definition) is 9. The van der Waals surface area contributed by atoms with Crippen LogP contribution in [0.3, 0.4) is 0 Å². The monoisotopic (exact) mass is 580 g/mol. The summed E-state index contributed by atoms with van der Waals surface area (Å²) in [7, 11) is 0. The van der Waals surface area contributed by atoms with Crippen LogP contribution in [-0.2, 0) is 19.1 Å². The summed E-state index contributed by atoms with van der Waals surface area (Å²) in [5, 5.41) is 15.5. The molecule has 12 heteroatoms. The van der Waals surface area contributed by atoms with E-state index in [-0.39, 0.29) is 25.3 Å². The van der Waals surface area contributed by atoms with Crippen molar-refractivity contribution >= 4 is 45.0 Å². The minimum atomic E-state index is -1.02. The zero-order valence-corrected chi connectivity index (χ0v) is 22.4. The Morgan fingerprint density at radius 1 is 1.42 bits per heavy atom. The van der Waals surface area contributed by atoms with E-state index in [4.69, 9.17) is 14.5 Å². The number of nitrogens with one attached hydrogen (secondary N) is 1. The lowest BCUT2D eigenvalue weighted by molar-refractivity contribution is -0.161. The smallest absolute Gasteiger partial charge is 0.338 e. The van der Waals surface area contributed by atoms with Crippen molar-refractivity contribution in [2.24, 2.45) is 4.99 Å². The molecular formula is C24H26BrFN4O5S. The number of esters is 1. The summed E-state index contributed by atoms with van der Waals surface area (Å²) in [6, 6.07) is 2.42. The second-order valence-corrected chi connectivity index (χ2v) is 10.7. The number of aliphatic carboxylic acids is 1. The molecule has 0 saturated carbocycles. The van der Waals surface area contributed by atoms with Gasteiger partial charge in [0.05, 0.1) is 24.4 Å². The average molecular weight is 581 g/mol. The van der Waals surface area contributed by atoms with E-state index in [1.165, 1.54) is 23.5 Å². The van der Waals surface area contributed by atoms with Crippen molar-refractivity contribution in [3.63, 3.8) is 0 Å². The van der Waals surface area contributed by atoms with E-state index in [1.807, 2.05) is 13.8 Å². The topological polar surface area (TPSA) is 113 Å². The minimum absolute atomic E-state index is 0.00468. The van der Waals surface area contributed by atoms with Crippen LogP contribution in [0.15, 0.2) is 50.5 Å². The van der Waals surface area contributed by atoms with Crippen LogP contribution >= 0.6 is 27.3 Å². The van der Waals surface area contributed by atoms with Crippen LogP contribution in [0.2, 0.25) is 0 Å². The molecule has 0 spiro atoms. The molecule has 1 saturated heterocycles. The number of morpholine rings is 1. The molecule has 0 aliphatic carbocycles. The fraction of sp³-hybridized carbons (Fsp3) is 0.417. The first-order chi connectivity index (χ1) is 17.1. The molecule has 2 aliphatic heterocycles. The van der Waals surface area contributed by atoms with Gasteiger partial charge in [0, 0.05) is 34.8 Å². The number of carbonyl (C=O) groups excluding carboxylic acids is 1. The van der Waals surface area contributed by atoms with Gasteiger partial charge in [0.1, 0.15) is 17.9 Å². The van der Waals surface area contributed by atoms with E-state index >= 15 is 0 Å². The van der Waals surface area contributed by atoms with Gasteiger partial charge in [0.15, 0.2) is 10.8 Å². The first kappa shape index (κ1) is 26.4. The minimum Gasteiger partial charge on any atom is -0.480 e. The largest absolute Gasteiger partial charge is 0.480 e. The van der Waals surface area contributed by atoms with Gasteiger partial charge < -0.3 is 19.9 Å². The van der Waals surface area contributed by atoms with E-state index < -0.39 is 35.4 Å². The van der Waals surface area contributed by atoms with Crippen LogP contribution < -0.4 is 5.32 Å². The number of carbonyl (C=O) groups is 2. The Morgan fingerprint density at radius 2 is 2.19 bits per heavy atom. The van der Waals surface area contributed by atoms with Crippen LogP contribution in [0.5, 0.6) is 0 Å². The molecule has 3 heterocycles. The highest BCUT2D eigenvalue weighted by Crippen LogP contribution is 2.37. The number of benzene rings is 1. The van der Waals surface area contributed by atoms with Gasteiger partial charge >= 0.3 is 11.9 Å². The number of thiazole rings is 1. The maximum absolute atomic E-state index is 13.9. The van der Waals surface area contributed by atoms with Crippen LogP contribution in [-0.4, -0.2) is 70.7 Å². The zero-order chi connectivity index (χ0) is 26.0. The van der Waals surface area contributed by atoms with Gasteiger partial charge in [0.25, 0.3) is 0 Å². The number of hydrogen-bond donors (Lipinski definition) is 2. The summed E-state index contributed by atoms with van der Waals surface area (Å²) in [4.78, 5) is 36.2. The van der Waals surface area contributed by atoms with Crippen molar-refractivity contribution in [1.82, 2.24) is 15.2 Å². The lowest BCUT2D eigenvalue weighted by Gasteiger charge is -2.42. The Morgan fingerprint density at radius 3 is 2.83 bits per heavy atom. The molecule has 36 heavy (non-hydrogen) atoms. The first-order valence-electron chi connectivity index (χ1n) is 11.3. The summed E-state index contributed by atoms with van der Waals surface area (Å²) >= 11 is 4.77. The standard InChI is InChI=1S/C24H26BrFN4O5S/c1-4-34-23(33)18-16(10-30-12-24(2,3)35-11-17(30)22(31)32)28-20(21-27-7-8-36-21)29-19(18)14-6-5-13(26)9-15(14)25/h5-9,17,19H,4,10-12H2,1-3H3,(H,28,29)(H,31,32). The Hall–Kier alpha value is -2.67. The number of rotatable bonds is 7. The molecule has 2 atom stereocenters. The highest BCUT2D eigenvalue weighted by Gasteiger charge is 2.40. The van der Waals surface area contributed by atoms with Gasteiger partial charge in [-0.25, -0.2) is 14.2 Å². The number of amidine groups is 1. The number of carboxylic acid groups (broad SMARTS) is 1. The fourth-order valence-corrected chi connectivity index (χ4v) is 5.37. The van der Waals surface area contributed by atoms with Gasteiger partial charge in [-0.15, -0.1) is 11.3 Å². The first-order valence-corrected chi connectivity index (χ1v) is 13.0. The van der Waals surface area contributed by atoms with Crippen LogP contribution in [0, 0.1) is 5.82 Å². The van der Waals surface area contributed by atoms with Gasteiger partial charge in [-0.3, -0.25) is 14.7 Å². The third-order valence-corrected chi connectivity index (χ3v) is 7.28. The third kappa shape index (κ3) is 5.66. The van der Waals surface area contributed by atoms with Crippen molar-refractivity contribution in [2.45, 2.75) is 38.5 Å². The number of ether oxygens (including phenoxy) is 2. The molecule has 1 aromatic carbocycles. The third-order valence-electron chi connectivity index (χ3n) is 5.82. The van der Waals surface area contributed by atoms with Crippen molar-refractivity contribution < 1.29 is 28.6 Å². The number of aliphatic imine (C=N–C) groups is 1.